The van der Waals surface area contributed by atoms with Crippen LogP contribution < -0.4 is 9.64 Å². The van der Waals surface area contributed by atoms with E-state index < -0.39 is 9.84 Å². The van der Waals surface area contributed by atoms with Crippen LogP contribution in [0.1, 0.15) is 35.8 Å². The molecule has 41 heavy (non-hydrogen) atoms. The molecule has 6 rings (SSSR count). The molecule has 11 nitrogen and oxygen atoms in total. The van der Waals surface area contributed by atoms with Gasteiger partial charge in [-0.15, -0.1) is 11.3 Å². The normalized spacial score (nSPS) is 18.7. The molecule has 0 atom stereocenters. The van der Waals surface area contributed by atoms with Crippen LogP contribution in [0.3, 0.4) is 0 Å². The minimum Gasteiger partial charge on any atom is -0.481 e. The third-order valence-electron chi connectivity index (χ3n) is 8.09. The summed E-state index contributed by atoms with van der Waals surface area (Å²) in [6, 6.07) is 1.87. The number of thiophene rings is 1. The molecule has 0 radical (unpaired) electrons. The number of rotatable bonds is 8. The molecule has 3 aliphatic rings. The predicted molar refractivity (Wildman–Crippen MR) is 158 cm³/mol. The van der Waals surface area contributed by atoms with Crippen molar-refractivity contribution in [3.8, 4) is 17.1 Å². The summed E-state index contributed by atoms with van der Waals surface area (Å²) in [6.45, 7) is 10.2. The number of piperazine rings is 1. The molecule has 3 aromatic rings. The molecule has 0 unspecified atom stereocenters. The quantitative estimate of drug-likeness (QED) is 0.382. The Balaban J connectivity index is 1.41. The van der Waals surface area contributed by atoms with E-state index in [4.69, 9.17) is 19.4 Å². The first-order valence-electron chi connectivity index (χ1n) is 14.1. The summed E-state index contributed by atoms with van der Waals surface area (Å²) in [4.78, 5) is 34.1. The number of carbonyl (C=O) groups excluding carboxylic acids is 1. The van der Waals surface area contributed by atoms with Crippen molar-refractivity contribution in [2.75, 3.05) is 64.5 Å². The van der Waals surface area contributed by atoms with Gasteiger partial charge in [-0.25, -0.2) is 23.4 Å². The number of aromatic nitrogens is 3. The fourth-order valence-corrected chi connectivity index (χ4v) is 8.38. The molecule has 5 heterocycles. The molecule has 0 aromatic carbocycles. The van der Waals surface area contributed by atoms with Crippen LogP contribution in [0, 0.1) is 6.92 Å². The minimum atomic E-state index is -3.27. The van der Waals surface area contributed by atoms with Gasteiger partial charge in [0.2, 0.25) is 17.7 Å². The molecule has 0 spiro atoms. The number of methoxy groups -OCH3 is 1. The van der Waals surface area contributed by atoms with Crippen LogP contribution in [0.4, 0.5) is 5.95 Å². The van der Waals surface area contributed by atoms with E-state index in [9.17, 15) is 13.2 Å². The lowest BCUT2D eigenvalue weighted by atomic mass is 10.1. The van der Waals surface area contributed by atoms with E-state index in [1.807, 2.05) is 11.0 Å². The molecule has 1 saturated carbocycles. The Bertz CT molecular complexity index is 1560. The summed E-state index contributed by atoms with van der Waals surface area (Å²) >= 11 is 1.66. The first-order valence-corrected chi connectivity index (χ1v) is 16.6. The highest BCUT2D eigenvalue weighted by atomic mass is 32.2. The number of amides is 1. The maximum atomic E-state index is 12.9. The molecule has 3 fully saturated rings. The van der Waals surface area contributed by atoms with Gasteiger partial charge >= 0.3 is 0 Å². The van der Waals surface area contributed by atoms with Crippen LogP contribution >= 0.6 is 11.3 Å². The number of pyridine rings is 1. The van der Waals surface area contributed by atoms with E-state index in [-0.39, 0.29) is 16.9 Å². The maximum Gasteiger partial charge on any atom is 0.226 e. The third kappa shape index (κ3) is 5.90. The number of nitrogens with zero attached hydrogens (tertiary/aromatic N) is 6. The van der Waals surface area contributed by atoms with Crippen molar-refractivity contribution in [2.24, 2.45) is 0 Å². The van der Waals surface area contributed by atoms with Crippen molar-refractivity contribution < 1.29 is 22.7 Å². The van der Waals surface area contributed by atoms with E-state index in [1.54, 1.807) is 24.5 Å². The minimum absolute atomic E-state index is 0.104. The molecule has 13 heteroatoms. The molecule has 3 aromatic heterocycles. The molecule has 1 aliphatic carbocycles. The Hall–Kier alpha value is -2.87. The summed E-state index contributed by atoms with van der Waals surface area (Å²) < 4.78 is 37.8. The second kappa shape index (κ2) is 11.4. The molecule has 2 aliphatic heterocycles. The lowest BCUT2D eigenvalue weighted by Gasteiger charge is -2.34. The Morgan fingerprint density at radius 1 is 1.12 bits per heavy atom. The van der Waals surface area contributed by atoms with Crippen molar-refractivity contribution in [1.29, 1.82) is 0 Å². The van der Waals surface area contributed by atoms with Crippen LogP contribution in [0.15, 0.2) is 12.3 Å². The maximum absolute atomic E-state index is 12.9. The average Bonchev–Trinajstić information content (AvgIpc) is 3.79. The molecule has 0 bridgehead atoms. The number of anilines is 1. The van der Waals surface area contributed by atoms with Gasteiger partial charge in [0.1, 0.15) is 0 Å². The highest BCUT2D eigenvalue weighted by Crippen LogP contribution is 2.39. The molecule has 0 N–H and O–H groups in total. The average molecular weight is 601 g/mol. The van der Waals surface area contributed by atoms with Crippen LogP contribution in [-0.4, -0.2) is 104 Å². The SMILES string of the molecule is COc1ncc(-c2nc(N3CCOCC3)nc3c(CN4CCN(C(C)=O)CC4)c(C)sc23)cc1CS(=O)(=O)C1CC1. The Kier molecular flexibility index (Phi) is 7.88. The van der Waals surface area contributed by atoms with Gasteiger partial charge in [0, 0.05) is 80.5 Å². The second-order valence-electron chi connectivity index (χ2n) is 11.0. The predicted octanol–water partition coefficient (Wildman–Crippen LogP) is 2.65. The molecule has 220 valence electrons. The zero-order valence-electron chi connectivity index (χ0n) is 23.8. The first kappa shape index (κ1) is 28.3. The third-order valence-corrected chi connectivity index (χ3v) is 11.4. The van der Waals surface area contributed by atoms with E-state index >= 15 is 0 Å². The number of hydrogen-bond donors (Lipinski definition) is 0. The lowest BCUT2D eigenvalue weighted by molar-refractivity contribution is -0.130. The van der Waals surface area contributed by atoms with Gasteiger partial charge in [-0.05, 0) is 25.8 Å². The smallest absolute Gasteiger partial charge is 0.226 e. The Labute approximate surface area is 244 Å². The molecule has 1 amide bonds. The standard InChI is InChI=1S/C28H36N6O5S2/c1-18-23(16-32-6-8-33(9-7-32)19(2)35)25-26(40-18)24(30-28(31-25)34-10-12-39-13-11-34)20-14-21(27(38-3)29-15-20)17-41(36,37)22-4-5-22/h14-15,22H,4-13,16-17H2,1-3H3. The van der Waals surface area contributed by atoms with Crippen LogP contribution in [-0.2, 0) is 31.7 Å². The largest absolute Gasteiger partial charge is 0.481 e. The molecular formula is C28H36N6O5S2. The summed E-state index contributed by atoms with van der Waals surface area (Å²) in [5.74, 6) is 0.975. The van der Waals surface area contributed by atoms with Crippen LogP contribution in [0.25, 0.3) is 21.5 Å². The van der Waals surface area contributed by atoms with Gasteiger partial charge in [0.05, 0.1) is 47.2 Å². The summed E-state index contributed by atoms with van der Waals surface area (Å²) in [5, 5.41) is -0.269. The van der Waals surface area contributed by atoms with Gasteiger partial charge < -0.3 is 19.3 Å². The van der Waals surface area contributed by atoms with Crippen molar-refractivity contribution in [1.82, 2.24) is 24.8 Å². The van der Waals surface area contributed by atoms with Gasteiger partial charge in [-0.3, -0.25) is 9.69 Å². The Morgan fingerprint density at radius 2 is 1.85 bits per heavy atom. The molecular weight excluding hydrogens is 564 g/mol. The summed E-state index contributed by atoms with van der Waals surface area (Å²) in [6.07, 6.45) is 3.15. The van der Waals surface area contributed by atoms with Gasteiger partial charge in [-0.1, -0.05) is 0 Å². The van der Waals surface area contributed by atoms with Gasteiger partial charge in [-0.2, -0.15) is 0 Å². The number of hydrogen-bond acceptors (Lipinski definition) is 11. The van der Waals surface area contributed by atoms with Gasteiger partial charge in [0.15, 0.2) is 9.84 Å². The highest BCUT2D eigenvalue weighted by Gasteiger charge is 2.36. The van der Waals surface area contributed by atoms with E-state index in [0.717, 1.165) is 59.8 Å². The zero-order chi connectivity index (χ0) is 28.7. The fourth-order valence-electron chi connectivity index (χ4n) is 5.53. The fraction of sp³-hybridized carbons (Fsp3) is 0.571. The number of ether oxygens (including phenoxy) is 2. The number of sulfone groups is 1. The van der Waals surface area contributed by atoms with Crippen LogP contribution in [0.2, 0.25) is 0 Å². The van der Waals surface area contributed by atoms with E-state index in [0.29, 0.717) is 56.5 Å². The monoisotopic (exact) mass is 600 g/mol. The number of aryl methyl sites for hydroxylation is 1. The lowest BCUT2D eigenvalue weighted by Crippen LogP contribution is -2.47. The van der Waals surface area contributed by atoms with Crippen molar-refractivity contribution in [3.05, 3.63) is 28.3 Å². The van der Waals surface area contributed by atoms with Crippen LogP contribution in [0.5, 0.6) is 5.88 Å². The van der Waals surface area contributed by atoms with Crippen molar-refractivity contribution >= 4 is 43.2 Å². The summed E-state index contributed by atoms with van der Waals surface area (Å²) in [5.41, 5.74) is 4.12. The van der Waals surface area contributed by atoms with E-state index in [1.165, 1.54) is 12.0 Å². The number of carbonyl (C=O) groups is 1. The highest BCUT2D eigenvalue weighted by molar-refractivity contribution is 7.91. The molecule has 2 saturated heterocycles. The van der Waals surface area contributed by atoms with Gasteiger partial charge in [0.25, 0.3) is 0 Å². The first-order chi connectivity index (χ1) is 19.7. The van der Waals surface area contributed by atoms with E-state index in [2.05, 4.69) is 21.7 Å². The number of morpholine rings is 1. The zero-order valence-corrected chi connectivity index (χ0v) is 25.4. The second-order valence-corrected chi connectivity index (χ2v) is 14.5. The topological polar surface area (TPSA) is 118 Å². The Morgan fingerprint density at radius 3 is 2.51 bits per heavy atom. The summed E-state index contributed by atoms with van der Waals surface area (Å²) in [7, 11) is -1.76. The van der Waals surface area contributed by atoms with Crippen molar-refractivity contribution in [3.63, 3.8) is 0 Å². The van der Waals surface area contributed by atoms with Crippen molar-refractivity contribution in [2.45, 2.75) is 44.2 Å². The number of fused-ring (bicyclic) bond motifs is 1.